The number of nitrogens with one attached hydrogen (secondary N) is 2. The zero-order chi connectivity index (χ0) is 25.3. The van der Waals surface area contributed by atoms with Gasteiger partial charge in [-0.2, -0.15) is 0 Å². The van der Waals surface area contributed by atoms with Crippen LogP contribution in [0.15, 0.2) is 35.2 Å². The number of amides is 1. The van der Waals surface area contributed by atoms with Crippen LogP contribution >= 0.6 is 23.4 Å². The SMILES string of the molecule is CC(O)CNCC1(O)C2CC[C@H]1CC(Sc1cc(C(=O)Nc3cc(F)c(F)c(F)c3)ccc1Cl)C2. The Bertz CT molecular complexity index is 1070. The third-order valence-electron chi connectivity index (χ3n) is 6.95. The maximum absolute atomic E-state index is 13.5. The lowest BCUT2D eigenvalue weighted by atomic mass is 9.74. The first-order valence-corrected chi connectivity index (χ1v) is 12.9. The molecule has 4 unspecified atom stereocenters. The molecule has 0 saturated heterocycles. The highest BCUT2D eigenvalue weighted by Gasteiger charge is 2.53. The van der Waals surface area contributed by atoms with Crippen molar-refractivity contribution in [3.63, 3.8) is 0 Å². The number of halogens is 4. The van der Waals surface area contributed by atoms with E-state index in [1.165, 1.54) is 6.07 Å². The quantitative estimate of drug-likeness (QED) is 0.363. The smallest absolute Gasteiger partial charge is 0.255 e. The van der Waals surface area contributed by atoms with Gasteiger partial charge in [-0.1, -0.05) is 11.6 Å². The van der Waals surface area contributed by atoms with Crippen molar-refractivity contribution in [2.75, 3.05) is 18.4 Å². The molecular formula is C25H28ClF3N2O3S. The fraction of sp³-hybridized carbons (Fsp3) is 0.480. The molecule has 2 aromatic rings. The highest BCUT2D eigenvalue weighted by Crippen LogP contribution is 2.53. The molecule has 0 aliphatic heterocycles. The van der Waals surface area contributed by atoms with E-state index < -0.39 is 35.1 Å². The molecule has 190 valence electrons. The summed E-state index contributed by atoms with van der Waals surface area (Å²) in [4.78, 5) is 13.4. The van der Waals surface area contributed by atoms with Gasteiger partial charge in [0.15, 0.2) is 17.5 Å². The van der Waals surface area contributed by atoms with Crippen molar-refractivity contribution in [3.8, 4) is 0 Å². The summed E-state index contributed by atoms with van der Waals surface area (Å²) in [5.74, 6) is -4.71. The van der Waals surface area contributed by atoms with E-state index in [9.17, 15) is 28.2 Å². The standard InChI is InChI=1S/C25H28ClF3N2O3S/c1-13(32)11-30-12-25(34)15-3-4-16(25)8-18(7-15)35-22-6-14(2-5-19(22)26)24(33)31-17-9-20(27)23(29)21(28)10-17/h2,5-6,9-10,13,15-16,18,30,32,34H,3-4,7-8,11-12H2,1H3,(H,31,33)/t13?,15-,16?,18?,25?/m0/s1. The van der Waals surface area contributed by atoms with Crippen molar-refractivity contribution in [2.45, 2.75) is 54.5 Å². The van der Waals surface area contributed by atoms with E-state index in [0.717, 1.165) is 37.8 Å². The second kappa shape index (κ2) is 10.7. The van der Waals surface area contributed by atoms with Crippen molar-refractivity contribution in [1.82, 2.24) is 5.32 Å². The molecule has 5 atom stereocenters. The molecule has 4 rings (SSSR count). The van der Waals surface area contributed by atoms with Crippen LogP contribution < -0.4 is 10.6 Å². The number of fused-ring (bicyclic) bond motifs is 2. The zero-order valence-electron chi connectivity index (χ0n) is 19.2. The normalized spacial score (nSPS) is 26.5. The van der Waals surface area contributed by atoms with Crippen LogP contribution in [0.1, 0.15) is 43.0 Å². The first-order valence-electron chi connectivity index (χ1n) is 11.6. The Morgan fingerprint density at radius 1 is 1.17 bits per heavy atom. The molecule has 2 fully saturated rings. The topological polar surface area (TPSA) is 81.6 Å². The number of rotatable bonds is 8. The Kier molecular flexibility index (Phi) is 8.02. The summed E-state index contributed by atoms with van der Waals surface area (Å²) in [7, 11) is 0. The lowest BCUT2D eigenvalue weighted by Crippen LogP contribution is -2.53. The Balaban J connectivity index is 1.42. The summed E-state index contributed by atoms with van der Waals surface area (Å²) >= 11 is 7.97. The van der Waals surface area contributed by atoms with Gasteiger partial charge in [-0.15, -0.1) is 11.8 Å². The van der Waals surface area contributed by atoms with Crippen LogP contribution in [0.3, 0.4) is 0 Å². The van der Waals surface area contributed by atoms with Crippen molar-refractivity contribution in [1.29, 1.82) is 0 Å². The Morgan fingerprint density at radius 2 is 1.80 bits per heavy atom. The van der Waals surface area contributed by atoms with Crippen LogP contribution in [-0.2, 0) is 0 Å². The van der Waals surface area contributed by atoms with Crippen molar-refractivity contribution >= 4 is 35.0 Å². The Morgan fingerprint density at radius 3 is 2.40 bits per heavy atom. The number of aliphatic hydroxyl groups is 2. The van der Waals surface area contributed by atoms with Gasteiger partial charge >= 0.3 is 0 Å². The van der Waals surface area contributed by atoms with Gasteiger partial charge < -0.3 is 20.8 Å². The van der Waals surface area contributed by atoms with Crippen LogP contribution in [0, 0.1) is 29.3 Å². The van der Waals surface area contributed by atoms with E-state index in [4.69, 9.17) is 11.6 Å². The summed E-state index contributed by atoms with van der Waals surface area (Å²) in [5.41, 5.74) is -0.737. The molecule has 4 N–H and O–H groups in total. The number of hydrogen-bond donors (Lipinski definition) is 4. The predicted octanol–water partition coefficient (Wildman–Crippen LogP) is 4.99. The minimum absolute atomic E-state index is 0.133. The van der Waals surface area contributed by atoms with Crippen LogP contribution in [0.5, 0.6) is 0 Å². The van der Waals surface area contributed by atoms with Crippen LogP contribution in [0.25, 0.3) is 0 Å². The Hall–Kier alpha value is -1.78. The molecule has 35 heavy (non-hydrogen) atoms. The largest absolute Gasteiger partial charge is 0.392 e. The number of benzene rings is 2. The summed E-state index contributed by atoms with van der Waals surface area (Å²) in [5, 5.41) is 27.1. The van der Waals surface area contributed by atoms with Gasteiger partial charge in [0.25, 0.3) is 5.91 Å². The van der Waals surface area contributed by atoms with E-state index in [1.807, 2.05) is 0 Å². The van der Waals surface area contributed by atoms with Gasteiger partial charge in [0.2, 0.25) is 0 Å². The van der Waals surface area contributed by atoms with Crippen molar-refractivity contribution < 1.29 is 28.2 Å². The molecule has 5 nitrogen and oxygen atoms in total. The van der Waals surface area contributed by atoms with Gasteiger partial charge in [-0.3, -0.25) is 4.79 Å². The third-order valence-corrected chi connectivity index (χ3v) is 8.70. The lowest BCUT2D eigenvalue weighted by molar-refractivity contribution is -0.0567. The molecule has 10 heteroatoms. The van der Waals surface area contributed by atoms with E-state index >= 15 is 0 Å². The minimum atomic E-state index is -1.60. The molecule has 2 saturated carbocycles. The van der Waals surface area contributed by atoms with Gasteiger partial charge in [-0.25, -0.2) is 13.2 Å². The fourth-order valence-electron chi connectivity index (χ4n) is 5.22. The second-order valence-corrected chi connectivity index (χ2v) is 11.3. The second-order valence-electron chi connectivity index (χ2n) is 9.51. The molecule has 0 spiro atoms. The molecule has 0 aromatic heterocycles. The maximum Gasteiger partial charge on any atom is 0.255 e. The van der Waals surface area contributed by atoms with E-state index in [0.29, 0.717) is 23.0 Å². The number of thioether (sulfide) groups is 1. The van der Waals surface area contributed by atoms with Gasteiger partial charge in [0.05, 0.1) is 16.7 Å². The number of carbonyl (C=O) groups is 1. The summed E-state index contributed by atoms with van der Waals surface area (Å²) < 4.78 is 40.1. The first-order chi connectivity index (χ1) is 16.6. The molecule has 2 aliphatic carbocycles. The average molecular weight is 529 g/mol. The number of aliphatic hydroxyl groups excluding tert-OH is 1. The monoisotopic (exact) mass is 528 g/mol. The molecule has 2 bridgehead atoms. The molecular weight excluding hydrogens is 501 g/mol. The molecule has 1 amide bonds. The van der Waals surface area contributed by atoms with Crippen LogP contribution in [-0.4, -0.2) is 46.2 Å². The van der Waals surface area contributed by atoms with E-state index in [2.05, 4.69) is 10.6 Å². The van der Waals surface area contributed by atoms with E-state index in [1.54, 1.807) is 30.8 Å². The van der Waals surface area contributed by atoms with Crippen molar-refractivity contribution in [2.24, 2.45) is 11.8 Å². The summed E-state index contributed by atoms with van der Waals surface area (Å²) in [6.07, 6.45) is 3.01. The number of hydrogen-bond acceptors (Lipinski definition) is 5. The lowest BCUT2D eigenvalue weighted by Gasteiger charge is -2.43. The predicted molar refractivity (Wildman–Crippen MR) is 130 cm³/mol. The average Bonchev–Trinajstić information content (AvgIpc) is 2.95. The third kappa shape index (κ3) is 5.80. The van der Waals surface area contributed by atoms with Crippen LogP contribution in [0.2, 0.25) is 5.02 Å². The first kappa shape index (κ1) is 26.3. The molecule has 0 radical (unpaired) electrons. The van der Waals surface area contributed by atoms with Crippen LogP contribution in [0.4, 0.5) is 18.9 Å². The summed E-state index contributed by atoms with van der Waals surface area (Å²) in [6, 6.07) is 6.17. The minimum Gasteiger partial charge on any atom is -0.392 e. The van der Waals surface area contributed by atoms with Crippen molar-refractivity contribution in [3.05, 3.63) is 58.4 Å². The van der Waals surface area contributed by atoms with Gasteiger partial charge in [-0.05, 0) is 62.6 Å². The zero-order valence-corrected chi connectivity index (χ0v) is 20.7. The van der Waals surface area contributed by atoms with E-state index in [-0.39, 0.29) is 28.3 Å². The number of anilines is 1. The van der Waals surface area contributed by atoms with Gasteiger partial charge in [0.1, 0.15) is 0 Å². The number of carbonyl (C=O) groups excluding carboxylic acids is 1. The molecule has 2 aromatic carbocycles. The van der Waals surface area contributed by atoms with Gasteiger partial charge in [0, 0.05) is 46.6 Å². The molecule has 0 heterocycles. The molecule has 2 aliphatic rings. The highest BCUT2D eigenvalue weighted by atomic mass is 35.5. The maximum atomic E-state index is 13.5. The Labute approximate surface area is 211 Å². The highest BCUT2D eigenvalue weighted by molar-refractivity contribution is 8.00. The fourth-order valence-corrected chi connectivity index (χ4v) is 6.86. The summed E-state index contributed by atoms with van der Waals surface area (Å²) in [6.45, 7) is 2.58.